The van der Waals surface area contributed by atoms with Crippen molar-refractivity contribution in [2.45, 2.75) is 6.92 Å². The van der Waals surface area contributed by atoms with Gasteiger partial charge in [0.05, 0.1) is 18.1 Å². The smallest absolute Gasteiger partial charge is 0.355 e. The van der Waals surface area contributed by atoms with Gasteiger partial charge < -0.3 is 14.4 Å². The molecule has 0 atom stereocenters. The van der Waals surface area contributed by atoms with Gasteiger partial charge in [0, 0.05) is 35.5 Å². The van der Waals surface area contributed by atoms with E-state index in [2.05, 4.69) is 9.55 Å². The number of fused-ring (bicyclic) bond motifs is 4. The molecule has 4 rings (SSSR count). The van der Waals surface area contributed by atoms with Crippen molar-refractivity contribution in [2.75, 3.05) is 7.11 Å². The number of carboxylic acid groups (broad SMARTS) is 1. The van der Waals surface area contributed by atoms with Crippen molar-refractivity contribution in [2.24, 2.45) is 7.05 Å². The summed E-state index contributed by atoms with van der Waals surface area (Å²) >= 11 is 0. The van der Waals surface area contributed by atoms with Crippen LogP contribution in [0.25, 0.3) is 32.6 Å². The Balaban J connectivity index is 2.25. The van der Waals surface area contributed by atoms with Gasteiger partial charge in [-0.1, -0.05) is 0 Å². The molecular weight excluding hydrogens is 304 g/mol. The minimum atomic E-state index is -1.01. The zero-order valence-corrected chi connectivity index (χ0v) is 13.6. The Hall–Kier alpha value is -3.08. The van der Waals surface area contributed by atoms with E-state index in [9.17, 15) is 9.90 Å². The van der Waals surface area contributed by atoms with Crippen LogP contribution in [0.1, 0.15) is 16.1 Å². The van der Waals surface area contributed by atoms with Crippen molar-refractivity contribution >= 4 is 38.5 Å². The molecule has 0 unspecified atom stereocenters. The SMILES string of the molecule is COc1ccc2c3cc4c(C(=O)O)nccc4c(C)c3n(C)c2c1. The fourth-order valence-electron chi connectivity index (χ4n) is 3.56. The third-order valence-corrected chi connectivity index (χ3v) is 4.69. The molecule has 0 spiro atoms. The Morgan fingerprint density at radius 3 is 2.62 bits per heavy atom. The first-order valence-electron chi connectivity index (χ1n) is 7.60. The Kier molecular flexibility index (Phi) is 3.00. The summed E-state index contributed by atoms with van der Waals surface area (Å²) in [6.07, 6.45) is 1.55. The van der Waals surface area contributed by atoms with Gasteiger partial charge in [0.1, 0.15) is 5.75 Å². The molecule has 0 aliphatic carbocycles. The molecule has 5 nitrogen and oxygen atoms in total. The fourth-order valence-corrected chi connectivity index (χ4v) is 3.56. The van der Waals surface area contributed by atoms with E-state index in [4.69, 9.17) is 4.74 Å². The number of pyridine rings is 1. The maximum atomic E-state index is 11.5. The lowest BCUT2D eigenvalue weighted by molar-refractivity contribution is 0.0693. The average molecular weight is 320 g/mol. The molecule has 2 aromatic heterocycles. The number of aromatic nitrogens is 2. The third-order valence-electron chi connectivity index (χ3n) is 4.69. The number of rotatable bonds is 2. The average Bonchev–Trinajstić information content (AvgIpc) is 2.87. The molecule has 0 radical (unpaired) electrons. The van der Waals surface area contributed by atoms with Gasteiger partial charge in [0.25, 0.3) is 0 Å². The molecule has 4 aromatic rings. The molecule has 120 valence electrons. The summed E-state index contributed by atoms with van der Waals surface area (Å²) in [5.74, 6) is -0.218. The maximum absolute atomic E-state index is 11.5. The number of hydrogen-bond acceptors (Lipinski definition) is 3. The van der Waals surface area contributed by atoms with Gasteiger partial charge in [-0.25, -0.2) is 9.78 Å². The molecule has 0 aliphatic heterocycles. The molecule has 0 fully saturated rings. The van der Waals surface area contributed by atoms with Crippen LogP contribution in [0.5, 0.6) is 5.75 Å². The van der Waals surface area contributed by atoms with Crippen molar-refractivity contribution in [3.05, 3.63) is 47.8 Å². The van der Waals surface area contributed by atoms with E-state index in [1.54, 1.807) is 13.3 Å². The number of aryl methyl sites for hydroxylation is 2. The summed E-state index contributed by atoms with van der Waals surface area (Å²) in [4.78, 5) is 15.6. The van der Waals surface area contributed by atoms with Crippen molar-refractivity contribution in [1.29, 1.82) is 0 Å². The largest absolute Gasteiger partial charge is 0.497 e. The highest BCUT2D eigenvalue weighted by atomic mass is 16.5. The molecular formula is C19H16N2O3. The first-order chi connectivity index (χ1) is 11.5. The lowest BCUT2D eigenvalue weighted by atomic mass is 10.0. The zero-order chi connectivity index (χ0) is 17.0. The lowest BCUT2D eigenvalue weighted by Gasteiger charge is -2.08. The minimum Gasteiger partial charge on any atom is -0.497 e. The molecule has 1 N–H and O–H groups in total. The Bertz CT molecular complexity index is 1140. The predicted octanol–water partition coefficient (Wildman–Crippen LogP) is 3.89. The van der Waals surface area contributed by atoms with Crippen molar-refractivity contribution < 1.29 is 14.6 Å². The van der Waals surface area contributed by atoms with Gasteiger partial charge in [-0.2, -0.15) is 0 Å². The van der Waals surface area contributed by atoms with Gasteiger partial charge in [-0.3, -0.25) is 0 Å². The van der Waals surface area contributed by atoms with Crippen LogP contribution in [0.4, 0.5) is 0 Å². The van der Waals surface area contributed by atoms with Gasteiger partial charge in [-0.05, 0) is 42.1 Å². The molecule has 24 heavy (non-hydrogen) atoms. The number of carboxylic acids is 1. The Morgan fingerprint density at radius 1 is 1.12 bits per heavy atom. The predicted molar refractivity (Wildman–Crippen MR) is 94.0 cm³/mol. The van der Waals surface area contributed by atoms with E-state index < -0.39 is 5.97 Å². The second-order valence-electron chi connectivity index (χ2n) is 5.90. The maximum Gasteiger partial charge on any atom is 0.355 e. The summed E-state index contributed by atoms with van der Waals surface area (Å²) in [6, 6.07) is 9.73. The zero-order valence-electron chi connectivity index (χ0n) is 13.6. The van der Waals surface area contributed by atoms with Crippen molar-refractivity contribution in [3.63, 3.8) is 0 Å². The highest BCUT2D eigenvalue weighted by Crippen LogP contribution is 2.36. The van der Waals surface area contributed by atoms with Gasteiger partial charge >= 0.3 is 5.97 Å². The van der Waals surface area contributed by atoms with E-state index in [0.717, 1.165) is 38.5 Å². The molecule has 0 saturated heterocycles. The molecule has 0 aliphatic rings. The quantitative estimate of drug-likeness (QED) is 0.608. The Labute approximate surface area is 138 Å². The van der Waals surface area contributed by atoms with E-state index in [0.29, 0.717) is 5.39 Å². The normalized spacial score (nSPS) is 11.5. The number of ether oxygens (including phenoxy) is 1. The highest BCUT2D eigenvalue weighted by molar-refractivity contribution is 6.17. The van der Waals surface area contributed by atoms with Crippen molar-refractivity contribution in [1.82, 2.24) is 9.55 Å². The number of nitrogens with zero attached hydrogens (tertiary/aromatic N) is 2. The summed E-state index contributed by atoms with van der Waals surface area (Å²) < 4.78 is 7.46. The van der Waals surface area contributed by atoms with Gasteiger partial charge in [-0.15, -0.1) is 0 Å². The fraction of sp³-hybridized carbons (Fsp3) is 0.158. The summed E-state index contributed by atoms with van der Waals surface area (Å²) in [5.41, 5.74) is 3.27. The summed E-state index contributed by atoms with van der Waals surface area (Å²) in [6.45, 7) is 2.02. The summed E-state index contributed by atoms with van der Waals surface area (Å²) in [5, 5.41) is 13.1. The molecule has 2 heterocycles. The minimum absolute atomic E-state index is 0.0861. The number of carbonyl (C=O) groups is 1. The van der Waals surface area contributed by atoms with Gasteiger partial charge in [0.2, 0.25) is 0 Å². The molecule has 0 saturated carbocycles. The molecule has 5 heteroatoms. The van der Waals surface area contributed by atoms with E-state index >= 15 is 0 Å². The van der Waals surface area contributed by atoms with Crippen LogP contribution in [-0.2, 0) is 7.05 Å². The molecule has 0 bridgehead atoms. The standard InChI is InChI=1S/C19H16N2O3/c1-10-12-6-7-20-17(19(22)23)14(12)9-15-13-5-4-11(24-3)8-16(13)21(2)18(10)15/h4-9H,1-3H3,(H,22,23). The second kappa shape index (κ2) is 4.96. The van der Waals surface area contributed by atoms with Crippen LogP contribution < -0.4 is 4.74 Å². The van der Waals surface area contributed by atoms with Crippen LogP contribution in [0, 0.1) is 6.92 Å². The van der Waals surface area contributed by atoms with E-state index in [1.807, 2.05) is 44.3 Å². The molecule has 0 amide bonds. The number of methoxy groups -OCH3 is 1. The van der Waals surface area contributed by atoms with E-state index in [1.165, 1.54) is 0 Å². The van der Waals surface area contributed by atoms with Crippen LogP contribution in [0.2, 0.25) is 0 Å². The van der Waals surface area contributed by atoms with Crippen LogP contribution in [-0.4, -0.2) is 27.7 Å². The second-order valence-corrected chi connectivity index (χ2v) is 5.90. The topological polar surface area (TPSA) is 64.3 Å². The first-order valence-corrected chi connectivity index (χ1v) is 7.60. The Morgan fingerprint density at radius 2 is 1.92 bits per heavy atom. The molecule has 2 aromatic carbocycles. The highest BCUT2D eigenvalue weighted by Gasteiger charge is 2.17. The van der Waals surface area contributed by atoms with Crippen LogP contribution in [0.3, 0.4) is 0 Å². The number of aromatic carboxylic acids is 1. The third kappa shape index (κ3) is 1.81. The van der Waals surface area contributed by atoms with Crippen LogP contribution >= 0.6 is 0 Å². The van der Waals surface area contributed by atoms with Crippen LogP contribution in [0.15, 0.2) is 36.5 Å². The summed E-state index contributed by atoms with van der Waals surface area (Å²) in [7, 11) is 3.66. The number of benzene rings is 2. The lowest BCUT2D eigenvalue weighted by Crippen LogP contribution is -2.01. The van der Waals surface area contributed by atoms with Gasteiger partial charge in [0.15, 0.2) is 5.69 Å². The van der Waals surface area contributed by atoms with Crippen molar-refractivity contribution in [3.8, 4) is 5.75 Å². The first kappa shape index (κ1) is 14.5. The van der Waals surface area contributed by atoms with E-state index in [-0.39, 0.29) is 5.69 Å². The number of hydrogen-bond donors (Lipinski definition) is 1. The monoisotopic (exact) mass is 320 g/mol.